The van der Waals surface area contributed by atoms with Gasteiger partial charge in [-0.1, -0.05) is 41.0 Å². The van der Waals surface area contributed by atoms with Gasteiger partial charge in [0.1, 0.15) is 12.2 Å². The number of alkyl carbamates (subject to hydrolysis) is 1. The molecular weight excluding hydrogens is 654 g/mol. The van der Waals surface area contributed by atoms with Crippen LogP contribution in [-0.4, -0.2) is 113 Å². The molecule has 0 aromatic rings. The fraction of sp³-hybridized carbons (Fsp3) is 0.977. The molecule has 3 N–H and O–H groups in total. The number of nitrogens with zero attached hydrogens (tertiary/aromatic N) is 2. The van der Waals surface area contributed by atoms with E-state index in [-0.39, 0.29) is 63.4 Å². The number of hydrogen-bond acceptors (Lipinski definition) is 8. The first-order valence-electron chi connectivity index (χ1n) is 21.6. The van der Waals surface area contributed by atoms with Gasteiger partial charge in [-0.05, 0) is 125 Å². The van der Waals surface area contributed by atoms with Gasteiger partial charge in [0.2, 0.25) is 0 Å². The van der Waals surface area contributed by atoms with Gasteiger partial charge in [0.25, 0.3) is 0 Å². The highest BCUT2D eigenvalue weighted by Gasteiger charge is 2.85. The second-order valence-electron chi connectivity index (χ2n) is 21.5. The molecule has 9 nitrogen and oxygen atoms in total. The Kier molecular flexibility index (Phi) is 8.47. The molecule has 6 saturated carbocycles. The van der Waals surface area contributed by atoms with Gasteiger partial charge in [-0.25, -0.2) is 4.79 Å². The van der Waals surface area contributed by atoms with Crippen molar-refractivity contribution in [1.29, 1.82) is 0 Å². The Morgan fingerprint density at radius 2 is 1.62 bits per heavy atom. The van der Waals surface area contributed by atoms with E-state index in [1.54, 1.807) is 0 Å². The van der Waals surface area contributed by atoms with Crippen LogP contribution in [0.25, 0.3) is 0 Å². The average Bonchev–Trinajstić information content (AvgIpc) is 3.64. The maximum absolute atomic E-state index is 13.4. The highest BCUT2D eigenvalue weighted by atomic mass is 16.6. The van der Waals surface area contributed by atoms with Gasteiger partial charge >= 0.3 is 6.09 Å². The minimum Gasteiger partial charge on any atom is -0.446 e. The molecule has 3 heterocycles. The number of hydrogen-bond donors (Lipinski definition) is 3. The lowest BCUT2D eigenvalue weighted by atomic mass is 9.41. The van der Waals surface area contributed by atoms with E-state index in [1.165, 1.54) is 45.2 Å². The minimum absolute atomic E-state index is 0.0104. The number of aliphatic hydroxyl groups is 2. The molecule has 0 bridgehead atoms. The first-order valence-corrected chi connectivity index (χ1v) is 21.6. The number of likely N-dealkylation sites (tertiary alicyclic amines) is 2. The van der Waals surface area contributed by atoms with E-state index in [1.807, 2.05) is 20.8 Å². The van der Waals surface area contributed by atoms with Gasteiger partial charge in [-0.15, -0.1) is 0 Å². The Bertz CT molecular complexity index is 1400. The molecule has 9 heteroatoms. The van der Waals surface area contributed by atoms with Crippen LogP contribution in [0.1, 0.15) is 126 Å². The number of rotatable bonds is 8. The molecule has 294 valence electrons. The maximum Gasteiger partial charge on any atom is 0.407 e. The van der Waals surface area contributed by atoms with Crippen LogP contribution in [0.4, 0.5) is 4.79 Å². The van der Waals surface area contributed by atoms with Gasteiger partial charge in [0.05, 0.1) is 30.0 Å². The van der Waals surface area contributed by atoms with Crippen LogP contribution in [0.2, 0.25) is 0 Å². The second kappa shape index (κ2) is 12.0. The van der Waals surface area contributed by atoms with Crippen molar-refractivity contribution in [2.45, 2.75) is 180 Å². The minimum atomic E-state index is -1.03. The molecule has 3 aliphatic heterocycles. The molecule has 13 atom stereocenters. The zero-order valence-electron chi connectivity index (χ0n) is 33.7. The third-order valence-corrected chi connectivity index (χ3v) is 18.6. The van der Waals surface area contributed by atoms with Gasteiger partial charge < -0.3 is 29.7 Å². The number of amides is 1. The van der Waals surface area contributed by atoms with Crippen LogP contribution in [0, 0.1) is 50.7 Å². The Hall–Kier alpha value is -0.970. The Labute approximate surface area is 313 Å². The van der Waals surface area contributed by atoms with Crippen molar-refractivity contribution in [3.63, 3.8) is 0 Å². The van der Waals surface area contributed by atoms with Gasteiger partial charge in [0, 0.05) is 55.7 Å². The zero-order chi connectivity index (χ0) is 36.8. The number of nitrogens with one attached hydrogen (secondary N) is 1. The van der Waals surface area contributed by atoms with Crippen molar-refractivity contribution in [3.8, 4) is 0 Å². The molecule has 9 rings (SSSR count). The first-order chi connectivity index (χ1) is 24.5. The molecule has 6 aliphatic carbocycles. The van der Waals surface area contributed by atoms with E-state index >= 15 is 0 Å². The molecule has 0 aromatic heterocycles. The summed E-state index contributed by atoms with van der Waals surface area (Å²) < 4.78 is 19.5. The topological polar surface area (TPSA) is 104 Å². The van der Waals surface area contributed by atoms with E-state index < -0.39 is 17.8 Å². The molecule has 0 unspecified atom stereocenters. The standard InChI is InChI=1S/C43H71N3O6/c1-9-50-36(39(5,6)49)29-19-25(2)33-34(51-29)35(47)41(8)31-14-13-30-38(3,4)32(15-16-42(30)24-43(31,42)18-17-40(33,41)7)52-37(48)44-26-20-45(21-26)28-22-46(23-28)27-11-10-12-27/h25-36,47,49H,9-24H2,1-8H3,(H,44,48)/t25-,29-,30+,31+,32+,33+,34+,35+,36+,40-,41-,42-,43+/m1/s1. The lowest BCUT2D eigenvalue weighted by Gasteiger charge is -2.63. The molecule has 0 radical (unpaired) electrons. The van der Waals surface area contributed by atoms with Crippen LogP contribution < -0.4 is 5.32 Å². The van der Waals surface area contributed by atoms with E-state index in [2.05, 4.69) is 49.7 Å². The second-order valence-corrected chi connectivity index (χ2v) is 21.5. The number of carbonyl (C=O) groups excluding carboxylic acids is 1. The Morgan fingerprint density at radius 1 is 0.942 bits per heavy atom. The molecule has 2 spiro atoms. The summed E-state index contributed by atoms with van der Waals surface area (Å²) >= 11 is 0. The Morgan fingerprint density at radius 3 is 2.27 bits per heavy atom. The van der Waals surface area contributed by atoms with Crippen molar-refractivity contribution >= 4 is 6.09 Å². The van der Waals surface area contributed by atoms with Crippen LogP contribution in [0.15, 0.2) is 0 Å². The summed E-state index contributed by atoms with van der Waals surface area (Å²) in [7, 11) is 0. The summed E-state index contributed by atoms with van der Waals surface area (Å²) in [6.45, 7) is 22.5. The van der Waals surface area contributed by atoms with Crippen molar-refractivity contribution in [2.24, 2.45) is 50.7 Å². The van der Waals surface area contributed by atoms with E-state index in [9.17, 15) is 15.0 Å². The van der Waals surface area contributed by atoms with Crippen LogP contribution >= 0.6 is 0 Å². The quantitative estimate of drug-likeness (QED) is 0.281. The van der Waals surface area contributed by atoms with E-state index in [4.69, 9.17) is 14.2 Å². The molecule has 3 saturated heterocycles. The normalized spacial score (nSPS) is 49.5. The first kappa shape index (κ1) is 36.7. The summed E-state index contributed by atoms with van der Waals surface area (Å²) in [6, 6.07) is 1.70. The smallest absolute Gasteiger partial charge is 0.407 e. The summed E-state index contributed by atoms with van der Waals surface area (Å²) in [5, 5.41) is 26.9. The van der Waals surface area contributed by atoms with Crippen molar-refractivity contribution in [1.82, 2.24) is 15.1 Å². The number of aliphatic hydroxyl groups excluding tert-OH is 1. The SMILES string of the molecule is CCO[C@@H]([C@H]1C[C@@H](C)[C@H]2[C@H](O1)[C@H](O)[C@@]1(C)[C@@H]3CC[C@H]4C(C)(C)[C@@H](OC(=O)NC5CN(C6CN(C7CCC7)C6)C5)CC[C@@]45C[C@@]35CC[C@]21C)C(C)(C)O. The molecule has 1 amide bonds. The number of carbonyl (C=O) groups is 1. The van der Waals surface area contributed by atoms with Crippen molar-refractivity contribution < 1.29 is 29.2 Å². The largest absolute Gasteiger partial charge is 0.446 e. The highest BCUT2D eigenvalue weighted by molar-refractivity contribution is 5.68. The zero-order valence-corrected chi connectivity index (χ0v) is 33.7. The molecular formula is C43H71N3O6. The van der Waals surface area contributed by atoms with Crippen LogP contribution in [0.3, 0.4) is 0 Å². The van der Waals surface area contributed by atoms with Crippen molar-refractivity contribution in [2.75, 3.05) is 32.8 Å². The lowest BCUT2D eigenvalue weighted by Crippen LogP contribution is -2.71. The molecule has 9 aliphatic rings. The van der Waals surface area contributed by atoms with Gasteiger partial charge in [-0.3, -0.25) is 9.80 Å². The number of ether oxygens (including phenoxy) is 3. The fourth-order valence-electron chi connectivity index (χ4n) is 15.7. The van der Waals surface area contributed by atoms with E-state index in [0.717, 1.165) is 57.7 Å². The maximum atomic E-state index is 13.4. The predicted molar refractivity (Wildman–Crippen MR) is 200 cm³/mol. The van der Waals surface area contributed by atoms with E-state index in [0.29, 0.717) is 30.4 Å². The highest BCUT2D eigenvalue weighted by Crippen LogP contribution is 2.89. The monoisotopic (exact) mass is 726 g/mol. The summed E-state index contributed by atoms with van der Waals surface area (Å²) in [6.07, 6.45) is 11.2. The van der Waals surface area contributed by atoms with Crippen LogP contribution in [0.5, 0.6) is 0 Å². The Balaban J connectivity index is 0.861. The summed E-state index contributed by atoms with van der Waals surface area (Å²) in [5.74, 6) is 1.63. The van der Waals surface area contributed by atoms with Crippen molar-refractivity contribution in [3.05, 3.63) is 0 Å². The van der Waals surface area contributed by atoms with Crippen LogP contribution in [-0.2, 0) is 14.2 Å². The lowest BCUT2D eigenvalue weighted by molar-refractivity contribution is -0.215. The third-order valence-electron chi connectivity index (χ3n) is 18.6. The molecule has 52 heavy (non-hydrogen) atoms. The number of fused-ring (bicyclic) bond motifs is 4. The average molecular weight is 726 g/mol. The summed E-state index contributed by atoms with van der Waals surface area (Å²) in [4.78, 5) is 18.5. The van der Waals surface area contributed by atoms with Gasteiger partial charge in [-0.2, -0.15) is 0 Å². The summed E-state index contributed by atoms with van der Waals surface area (Å²) in [5.41, 5.74) is -0.846. The molecule has 9 fully saturated rings. The predicted octanol–water partition coefficient (Wildman–Crippen LogP) is 5.99. The third kappa shape index (κ3) is 4.89. The fourth-order valence-corrected chi connectivity index (χ4v) is 15.7. The van der Waals surface area contributed by atoms with Gasteiger partial charge in [0.15, 0.2) is 0 Å². The molecule has 0 aromatic carbocycles.